The van der Waals surface area contributed by atoms with E-state index in [1.165, 1.54) is 0 Å². The summed E-state index contributed by atoms with van der Waals surface area (Å²) in [6.07, 6.45) is 0. The zero-order chi connectivity index (χ0) is 17.6. The van der Waals surface area contributed by atoms with Crippen LogP contribution in [0.3, 0.4) is 0 Å². The fourth-order valence-electron chi connectivity index (χ4n) is 2.63. The van der Waals surface area contributed by atoms with Crippen LogP contribution in [0.15, 0.2) is 54.6 Å². The van der Waals surface area contributed by atoms with Crippen molar-refractivity contribution >= 4 is 19.0 Å². The smallest absolute Gasteiger partial charge is 0.226 e. The molecule has 3 nitrogen and oxygen atoms in total. The Morgan fingerprint density at radius 3 is 2.25 bits per heavy atom. The number of halogens is 1. The maximum Gasteiger partial charge on any atom is 0.226 e. The Labute approximate surface area is 149 Å². The highest BCUT2D eigenvalue weighted by atomic mass is 35.5. The average molecular weight is 366 g/mol. The molecule has 0 fully saturated rings. The van der Waals surface area contributed by atoms with Crippen LogP contribution < -0.4 is 5.32 Å². The molecule has 2 aromatic carbocycles. The van der Waals surface area contributed by atoms with E-state index in [1.807, 2.05) is 75.4 Å². The Balaban J connectivity index is 2.33. The van der Waals surface area contributed by atoms with Gasteiger partial charge in [-0.25, -0.2) is 0 Å². The topological polar surface area (TPSA) is 38.3 Å². The highest BCUT2D eigenvalue weighted by molar-refractivity contribution is 7.60. The summed E-state index contributed by atoms with van der Waals surface area (Å²) in [6, 6.07) is 17.6. The van der Waals surface area contributed by atoms with E-state index in [9.17, 15) is 4.57 Å². The molecule has 5 heteroatoms. The second-order valence-corrected chi connectivity index (χ2v) is 9.51. The summed E-state index contributed by atoms with van der Waals surface area (Å²) in [5.41, 5.74) is 1.99. The third-order valence-electron chi connectivity index (χ3n) is 3.94. The van der Waals surface area contributed by atoms with Crippen LogP contribution in [0.4, 0.5) is 0 Å². The van der Waals surface area contributed by atoms with Gasteiger partial charge in [-0.15, -0.1) is 0 Å². The first kappa shape index (κ1) is 19.2. The molecule has 2 aromatic rings. The molecule has 130 valence electrons. The third-order valence-corrected chi connectivity index (χ3v) is 7.49. The minimum absolute atomic E-state index is 0.0820. The van der Waals surface area contributed by atoms with Gasteiger partial charge in [0, 0.05) is 17.2 Å². The molecule has 24 heavy (non-hydrogen) atoms. The fraction of sp³-hybridized carbons (Fsp3) is 0.368. The Bertz CT molecular complexity index is 674. The van der Waals surface area contributed by atoms with Crippen molar-refractivity contribution in [1.82, 2.24) is 5.32 Å². The van der Waals surface area contributed by atoms with Crippen molar-refractivity contribution in [3.8, 4) is 0 Å². The second-order valence-electron chi connectivity index (χ2n) is 5.98. The molecule has 0 aromatic heterocycles. The first-order chi connectivity index (χ1) is 11.5. The molecule has 0 spiro atoms. The standard InChI is InChI=1S/C19H25ClNO2P/c1-4-23-24(22,15(2)3)19(17-10-12-18(20)13-11-17)21-14-16-8-6-5-7-9-16/h5-13,15,19,21H,4,14H2,1-3H3. The minimum atomic E-state index is -2.93. The van der Waals surface area contributed by atoms with E-state index in [2.05, 4.69) is 5.32 Å². The zero-order valence-electron chi connectivity index (χ0n) is 14.4. The summed E-state index contributed by atoms with van der Waals surface area (Å²) in [5, 5.41) is 4.11. The summed E-state index contributed by atoms with van der Waals surface area (Å²) in [6.45, 7) is 6.82. The SMILES string of the molecule is CCOP(=O)(C(C)C)C(NCc1ccccc1)c1ccc(Cl)cc1. The molecule has 0 aliphatic heterocycles. The molecule has 2 atom stereocenters. The van der Waals surface area contributed by atoms with Gasteiger partial charge >= 0.3 is 0 Å². The van der Waals surface area contributed by atoms with Gasteiger partial charge in [-0.05, 0) is 30.2 Å². The van der Waals surface area contributed by atoms with E-state index in [-0.39, 0.29) is 11.4 Å². The van der Waals surface area contributed by atoms with Gasteiger partial charge in [-0.2, -0.15) is 0 Å². The van der Waals surface area contributed by atoms with Crippen LogP contribution in [0, 0.1) is 0 Å². The molecule has 0 aliphatic rings. The average Bonchev–Trinajstić information content (AvgIpc) is 2.57. The molecule has 1 N–H and O–H groups in total. The summed E-state index contributed by atoms with van der Waals surface area (Å²) >= 11 is 6.01. The lowest BCUT2D eigenvalue weighted by molar-refractivity contribution is 0.314. The van der Waals surface area contributed by atoms with Crippen molar-refractivity contribution in [1.29, 1.82) is 0 Å². The van der Waals surface area contributed by atoms with Crippen molar-refractivity contribution in [3.05, 3.63) is 70.7 Å². The van der Waals surface area contributed by atoms with Crippen LogP contribution in [0.2, 0.25) is 5.02 Å². The second kappa shape index (κ2) is 8.82. The quantitative estimate of drug-likeness (QED) is 0.596. The molecule has 2 rings (SSSR count). The summed E-state index contributed by atoms with van der Waals surface area (Å²) in [5.74, 6) is -0.366. The first-order valence-corrected chi connectivity index (χ1v) is 10.4. The Kier molecular flexibility index (Phi) is 7.06. The van der Waals surface area contributed by atoms with Crippen molar-refractivity contribution in [2.24, 2.45) is 0 Å². The first-order valence-electron chi connectivity index (χ1n) is 8.24. The molecule has 0 heterocycles. The minimum Gasteiger partial charge on any atom is -0.327 e. The molecule has 0 bridgehead atoms. The predicted octanol–water partition coefficient (Wildman–Crippen LogP) is 5.85. The maximum atomic E-state index is 13.6. The van der Waals surface area contributed by atoms with E-state index in [0.717, 1.165) is 11.1 Å². The summed E-state index contributed by atoms with van der Waals surface area (Å²) in [7, 11) is -2.93. The van der Waals surface area contributed by atoms with Gasteiger partial charge in [-0.3, -0.25) is 9.88 Å². The lowest BCUT2D eigenvalue weighted by Crippen LogP contribution is -2.25. The maximum absolute atomic E-state index is 13.6. The van der Waals surface area contributed by atoms with E-state index in [1.54, 1.807) is 0 Å². The van der Waals surface area contributed by atoms with Gasteiger partial charge in [0.1, 0.15) is 5.78 Å². The molecular weight excluding hydrogens is 341 g/mol. The fourth-order valence-corrected chi connectivity index (χ4v) is 5.14. The van der Waals surface area contributed by atoms with Gasteiger partial charge in [0.15, 0.2) is 0 Å². The summed E-state index contributed by atoms with van der Waals surface area (Å²) < 4.78 is 19.4. The number of rotatable bonds is 8. The third kappa shape index (κ3) is 4.70. The molecule has 0 saturated heterocycles. The largest absolute Gasteiger partial charge is 0.327 e. The predicted molar refractivity (Wildman–Crippen MR) is 102 cm³/mol. The normalized spacial score (nSPS) is 15.2. The molecule has 0 aliphatic carbocycles. The Morgan fingerprint density at radius 1 is 1.08 bits per heavy atom. The van der Waals surface area contributed by atoms with Gasteiger partial charge in [-0.1, -0.05) is 67.9 Å². The number of hydrogen-bond donors (Lipinski definition) is 1. The molecule has 0 amide bonds. The summed E-state index contributed by atoms with van der Waals surface area (Å²) in [4.78, 5) is 0. The van der Waals surface area contributed by atoms with Crippen molar-refractivity contribution in [3.63, 3.8) is 0 Å². The molecule has 0 radical (unpaired) electrons. The number of nitrogens with one attached hydrogen (secondary N) is 1. The van der Waals surface area contributed by atoms with E-state index >= 15 is 0 Å². The van der Waals surface area contributed by atoms with E-state index < -0.39 is 7.37 Å². The van der Waals surface area contributed by atoms with Crippen molar-refractivity contribution < 1.29 is 9.09 Å². The Morgan fingerprint density at radius 2 is 1.71 bits per heavy atom. The molecule has 0 saturated carbocycles. The van der Waals surface area contributed by atoms with Crippen LogP contribution in [0.5, 0.6) is 0 Å². The zero-order valence-corrected chi connectivity index (χ0v) is 16.1. The number of hydrogen-bond acceptors (Lipinski definition) is 3. The lowest BCUT2D eigenvalue weighted by Gasteiger charge is -2.31. The van der Waals surface area contributed by atoms with Gasteiger partial charge in [0.2, 0.25) is 7.37 Å². The van der Waals surface area contributed by atoms with Crippen LogP contribution in [-0.2, 0) is 15.6 Å². The van der Waals surface area contributed by atoms with Gasteiger partial charge in [0.05, 0.1) is 6.61 Å². The van der Waals surface area contributed by atoms with Gasteiger partial charge in [0.25, 0.3) is 0 Å². The van der Waals surface area contributed by atoms with Crippen molar-refractivity contribution in [2.45, 2.75) is 38.8 Å². The van der Waals surface area contributed by atoms with Crippen molar-refractivity contribution in [2.75, 3.05) is 6.61 Å². The van der Waals surface area contributed by atoms with Gasteiger partial charge < -0.3 is 4.52 Å². The lowest BCUT2D eigenvalue weighted by atomic mass is 10.2. The molecular formula is C19H25ClNO2P. The van der Waals surface area contributed by atoms with E-state index in [4.69, 9.17) is 16.1 Å². The molecule has 2 unspecified atom stereocenters. The van der Waals surface area contributed by atoms with Crippen LogP contribution in [0.1, 0.15) is 37.7 Å². The van der Waals surface area contributed by atoms with Crippen LogP contribution >= 0.6 is 19.0 Å². The monoisotopic (exact) mass is 365 g/mol. The van der Waals surface area contributed by atoms with E-state index in [0.29, 0.717) is 18.2 Å². The highest BCUT2D eigenvalue weighted by Crippen LogP contribution is 2.62. The Hall–Kier alpha value is -1.12. The van der Waals surface area contributed by atoms with Crippen LogP contribution in [0.25, 0.3) is 0 Å². The number of benzene rings is 2. The van der Waals surface area contributed by atoms with Crippen LogP contribution in [-0.4, -0.2) is 12.3 Å². The highest BCUT2D eigenvalue weighted by Gasteiger charge is 2.38.